The van der Waals surface area contributed by atoms with Crippen LogP contribution in [0.15, 0.2) is 16.9 Å². The molecule has 6 heteroatoms. The molecule has 0 aliphatic rings. The standard InChI is InChI=1S/C8H8ClN3O2/c1-12-7(8-10-2-3-14-8)6(9)5(4-13)11-12/h2-3,13H,4H2,1H3. The van der Waals surface area contributed by atoms with Crippen molar-refractivity contribution in [3.05, 3.63) is 23.2 Å². The Labute approximate surface area is 84.9 Å². The first kappa shape index (κ1) is 9.23. The van der Waals surface area contributed by atoms with Crippen LogP contribution in [-0.4, -0.2) is 19.9 Å². The van der Waals surface area contributed by atoms with Crippen molar-refractivity contribution in [2.45, 2.75) is 6.61 Å². The molecule has 0 aromatic carbocycles. The van der Waals surface area contributed by atoms with E-state index < -0.39 is 0 Å². The molecule has 14 heavy (non-hydrogen) atoms. The topological polar surface area (TPSA) is 64.1 Å². The highest BCUT2D eigenvalue weighted by atomic mass is 35.5. The Bertz CT molecular complexity index is 436. The van der Waals surface area contributed by atoms with Gasteiger partial charge in [-0.05, 0) is 0 Å². The highest BCUT2D eigenvalue weighted by molar-refractivity contribution is 6.33. The van der Waals surface area contributed by atoms with Crippen molar-refractivity contribution in [2.24, 2.45) is 7.05 Å². The molecule has 0 atom stereocenters. The van der Waals surface area contributed by atoms with Crippen LogP contribution in [0.5, 0.6) is 0 Å². The van der Waals surface area contributed by atoms with E-state index in [1.54, 1.807) is 7.05 Å². The van der Waals surface area contributed by atoms with E-state index in [9.17, 15) is 0 Å². The van der Waals surface area contributed by atoms with Crippen molar-refractivity contribution < 1.29 is 9.52 Å². The summed E-state index contributed by atoms with van der Waals surface area (Å²) >= 11 is 5.98. The Morgan fingerprint density at radius 3 is 2.93 bits per heavy atom. The van der Waals surface area contributed by atoms with Gasteiger partial charge < -0.3 is 9.52 Å². The number of hydrogen-bond donors (Lipinski definition) is 1. The summed E-state index contributed by atoms with van der Waals surface area (Å²) in [6.45, 7) is -0.201. The van der Waals surface area contributed by atoms with E-state index in [-0.39, 0.29) is 6.61 Å². The van der Waals surface area contributed by atoms with Crippen LogP contribution in [0.1, 0.15) is 5.69 Å². The summed E-state index contributed by atoms with van der Waals surface area (Å²) in [4.78, 5) is 3.96. The molecule has 0 unspecified atom stereocenters. The van der Waals surface area contributed by atoms with Gasteiger partial charge in [0.25, 0.3) is 0 Å². The molecule has 5 nitrogen and oxygen atoms in total. The number of aliphatic hydroxyl groups excluding tert-OH is 1. The summed E-state index contributed by atoms with van der Waals surface area (Å²) in [6, 6.07) is 0. The number of aromatic nitrogens is 3. The monoisotopic (exact) mass is 213 g/mol. The number of nitrogens with zero attached hydrogens (tertiary/aromatic N) is 3. The largest absolute Gasteiger partial charge is 0.443 e. The molecule has 0 saturated heterocycles. The van der Waals surface area contributed by atoms with Crippen LogP contribution < -0.4 is 0 Å². The van der Waals surface area contributed by atoms with E-state index in [0.29, 0.717) is 22.3 Å². The fraction of sp³-hybridized carbons (Fsp3) is 0.250. The second kappa shape index (κ2) is 3.43. The van der Waals surface area contributed by atoms with Gasteiger partial charge in [-0.2, -0.15) is 5.10 Å². The third-order valence-electron chi connectivity index (χ3n) is 1.84. The molecule has 0 saturated carbocycles. The third-order valence-corrected chi connectivity index (χ3v) is 2.24. The molecule has 0 aliphatic heterocycles. The Morgan fingerprint density at radius 1 is 1.64 bits per heavy atom. The number of aryl methyl sites for hydroxylation is 1. The van der Waals surface area contributed by atoms with Crippen LogP contribution in [0.2, 0.25) is 5.02 Å². The molecule has 0 spiro atoms. The van der Waals surface area contributed by atoms with Crippen LogP contribution in [0.4, 0.5) is 0 Å². The Balaban J connectivity index is 2.58. The van der Waals surface area contributed by atoms with Gasteiger partial charge in [0.15, 0.2) is 0 Å². The van der Waals surface area contributed by atoms with E-state index in [1.807, 2.05) is 0 Å². The third kappa shape index (κ3) is 1.30. The molecule has 2 rings (SSSR count). The van der Waals surface area contributed by atoms with Crippen molar-refractivity contribution in [1.29, 1.82) is 0 Å². The molecule has 2 aromatic heterocycles. The Kier molecular flexibility index (Phi) is 2.26. The molecular weight excluding hydrogens is 206 g/mol. The number of oxazole rings is 1. The quantitative estimate of drug-likeness (QED) is 0.815. The lowest BCUT2D eigenvalue weighted by Crippen LogP contribution is -1.94. The van der Waals surface area contributed by atoms with E-state index in [0.717, 1.165) is 0 Å². The summed E-state index contributed by atoms with van der Waals surface area (Å²) in [7, 11) is 1.71. The molecule has 0 aliphatic carbocycles. The van der Waals surface area contributed by atoms with Gasteiger partial charge in [0.1, 0.15) is 17.7 Å². The summed E-state index contributed by atoms with van der Waals surface area (Å²) in [5.41, 5.74) is 0.989. The van der Waals surface area contributed by atoms with Gasteiger partial charge in [0.05, 0.1) is 17.8 Å². The fourth-order valence-corrected chi connectivity index (χ4v) is 1.53. The normalized spacial score (nSPS) is 10.8. The highest BCUT2D eigenvalue weighted by Gasteiger charge is 2.18. The molecule has 0 bridgehead atoms. The Morgan fingerprint density at radius 2 is 2.43 bits per heavy atom. The van der Waals surface area contributed by atoms with Crippen LogP contribution in [-0.2, 0) is 13.7 Å². The number of rotatable bonds is 2. The molecule has 0 amide bonds. The maximum atomic E-state index is 8.94. The summed E-state index contributed by atoms with van der Waals surface area (Å²) in [5, 5.41) is 13.3. The predicted octanol–water partition coefficient (Wildman–Crippen LogP) is 1.22. The molecule has 74 valence electrons. The minimum absolute atomic E-state index is 0.201. The van der Waals surface area contributed by atoms with E-state index in [4.69, 9.17) is 21.1 Å². The average molecular weight is 214 g/mol. The second-order valence-electron chi connectivity index (χ2n) is 2.73. The van der Waals surface area contributed by atoms with Crippen LogP contribution in [0.3, 0.4) is 0 Å². The molecule has 0 fully saturated rings. The molecular formula is C8H8ClN3O2. The van der Waals surface area contributed by atoms with Gasteiger partial charge in [-0.25, -0.2) is 4.98 Å². The zero-order valence-electron chi connectivity index (χ0n) is 7.44. The van der Waals surface area contributed by atoms with Crippen molar-refractivity contribution in [1.82, 2.24) is 14.8 Å². The van der Waals surface area contributed by atoms with Gasteiger partial charge >= 0.3 is 0 Å². The van der Waals surface area contributed by atoms with Gasteiger partial charge in [-0.3, -0.25) is 4.68 Å². The van der Waals surface area contributed by atoms with Crippen LogP contribution in [0, 0.1) is 0 Å². The van der Waals surface area contributed by atoms with Crippen molar-refractivity contribution in [2.75, 3.05) is 0 Å². The number of aliphatic hydroxyl groups is 1. The minimum Gasteiger partial charge on any atom is -0.443 e. The Hall–Kier alpha value is -1.33. The van der Waals surface area contributed by atoms with Crippen molar-refractivity contribution in [3.8, 4) is 11.6 Å². The van der Waals surface area contributed by atoms with E-state index in [1.165, 1.54) is 17.1 Å². The smallest absolute Gasteiger partial charge is 0.246 e. The predicted molar refractivity (Wildman–Crippen MR) is 49.6 cm³/mol. The van der Waals surface area contributed by atoms with Crippen molar-refractivity contribution >= 4 is 11.6 Å². The number of halogens is 1. The first-order valence-corrected chi connectivity index (χ1v) is 4.34. The zero-order chi connectivity index (χ0) is 10.1. The van der Waals surface area contributed by atoms with Gasteiger partial charge in [-0.1, -0.05) is 11.6 Å². The lowest BCUT2D eigenvalue weighted by atomic mass is 10.3. The fourth-order valence-electron chi connectivity index (χ4n) is 1.23. The van der Waals surface area contributed by atoms with Gasteiger partial charge in [-0.15, -0.1) is 0 Å². The van der Waals surface area contributed by atoms with Crippen molar-refractivity contribution in [3.63, 3.8) is 0 Å². The molecule has 2 heterocycles. The molecule has 1 N–H and O–H groups in total. The first-order valence-electron chi connectivity index (χ1n) is 3.96. The van der Waals surface area contributed by atoms with Gasteiger partial charge in [0, 0.05) is 7.05 Å². The SMILES string of the molecule is Cn1nc(CO)c(Cl)c1-c1ncco1. The lowest BCUT2D eigenvalue weighted by molar-refractivity contribution is 0.275. The van der Waals surface area contributed by atoms with Crippen LogP contribution >= 0.6 is 11.6 Å². The van der Waals surface area contributed by atoms with E-state index >= 15 is 0 Å². The highest BCUT2D eigenvalue weighted by Crippen LogP contribution is 2.28. The summed E-state index contributed by atoms with van der Waals surface area (Å²) < 4.78 is 6.63. The second-order valence-corrected chi connectivity index (χ2v) is 3.11. The lowest BCUT2D eigenvalue weighted by Gasteiger charge is -1.95. The summed E-state index contributed by atoms with van der Waals surface area (Å²) in [5.74, 6) is 0.393. The molecule has 0 radical (unpaired) electrons. The van der Waals surface area contributed by atoms with Gasteiger partial charge in [0.2, 0.25) is 5.89 Å². The summed E-state index contributed by atoms with van der Waals surface area (Å²) in [6.07, 6.45) is 2.98. The maximum Gasteiger partial charge on any atom is 0.246 e. The minimum atomic E-state index is -0.201. The van der Waals surface area contributed by atoms with E-state index in [2.05, 4.69) is 10.1 Å². The first-order chi connectivity index (χ1) is 6.74. The maximum absolute atomic E-state index is 8.94. The van der Waals surface area contributed by atoms with Crippen LogP contribution in [0.25, 0.3) is 11.6 Å². The molecule has 2 aromatic rings. The zero-order valence-corrected chi connectivity index (χ0v) is 8.19. The number of hydrogen-bond acceptors (Lipinski definition) is 4. The average Bonchev–Trinajstić information content (AvgIpc) is 2.74.